The molecule has 3 nitrogen and oxygen atoms in total. The number of hydrogen-bond donors (Lipinski definition) is 1. The number of benzene rings is 1. The van der Waals surface area contributed by atoms with E-state index in [-0.39, 0.29) is 0 Å². The molecule has 2 aromatic rings. The summed E-state index contributed by atoms with van der Waals surface area (Å²) in [5, 5.41) is 4.84. The molecule has 1 aromatic heterocycles. The van der Waals surface area contributed by atoms with Gasteiger partial charge < -0.3 is 5.73 Å². The van der Waals surface area contributed by atoms with E-state index in [1.54, 1.807) is 23.1 Å². The van der Waals surface area contributed by atoms with Crippen molar-refractivity contribution >= 4 is 17.3 Å². The first-order valence-electron chi connectivity index (χ1n) is 4.15. The summed E-state index contributed by atoms with van der Waals surface area (Å²) in [5.74, 6) is 0. The summed E-state index contributed by atoms with van der Waals surface area (Å²) in [6.45, 7) is 0. The van der Waals surface area contributed by atoms with Crippen LogP contribution in [-0.4, -0.2) is 5.10 Å². The Labute approximate surface area is 86.7 Å². The maximum Gasteiger partial charge on any atom is 0.238 e. The summed E-state index contributed by atoms with van der Waals surface area (Å²) >= 11 is 5.77. The first-order valence-corrected chi connectivity index (χ1v) is 4.53. The zero-order valence-corrected chi connectivity index (χ0v) is 8.15. The van der Waals surface area contributed by atoms with E-state index in [1.807, 2.05) is 24.3 Å². The van der Waals surface area contributed by atoms with Gasteiger partial charge in [0.1, 0.15) is 6.20 Å². The third-order valence-electron chi connectivity index (χ3n) is 1.83. The molecular weight excluding hydrogens is 198 g/mol. The number of anilines is 1. The van der Waals surface area contributed by atoms with E-state index in [4.69, 9.17) is 17.3 Å². The van der Waals surface area contributed by atoms with Crippen LogP contribution < -0.4 is 10.4 Å². The van der Waals surface area contributed by atoms with Crippen molar-refractivity contribution < 1.29 is 4.68 Å². The molecule has 1 aromatic carbocycles. The predicted molar refractivity (Wildman–Crippen MR) is 55.2 cm³/mol. The molecule has 0 saturated heterocycles. The van der Waals surface area contributed by atoms with Gasteiger partial charge in [0.25, 0.3) is 0 Å². The highest BCUT2D eigenvalue weighted by Gasteiger charge is 2.05. The standard InChI is InChI=1S/C10H8ClN3/c11-8-1-3-10(4-2-8)14-6-5-9(12)7-13-14/h1-7,12H/p+1. The quantitative estimate of drug-likeness (QED) is 0.721. The molecule has 0 spiro atoms. The Morgan fingerprint density at radius 1 is 1.14 bits per heavy atom. The van der Waals surface area contributed by atoms with E-state index in [9.17, 15) is 0 Å². The second-order valence-electron chi connectivity index (χ2n) is 2.88. The van der Waals surface area contributed by atoms with E-state index in [1.165, 1.54) is 0 Å². The van der Waals surface area contributed by atoms with Crippen LogP contribution in [-0.2, 0) is 0 Å². The third kappa shape index (κ3) is 1.83. The van der Waals surface area contributed by atoms with Gasteiger partial charge in [-0.2, -0.15) is 0 Å². The molecule has 14 heavy (non-hydrogen) atoms. The van der Waals surface area contributed by atoms with Gasteiger partial charge in [-0.25, -0.2) is 0 Å². The van der Waals surface area contributed by atoms with Gasteiger partial charge in [-0.1, -0.05) is 16.3 Å². The largest absolute Gasteiger partial charge is 0.397 e. The average Bonchev–Trinajstić information content (AvgIpc) is 2.21. The Balaban J connectivity index is 2.40. The van der Waals surface area contributed by atoms with E-state index < -0.39 is 0 Å². The van der Waals surface area contributed by atoms with Crippen molar-refractivity contribution in [2.24, 2.45) is 0 Å². The molecule has 0 radical (unpaired) electrons. The van der Waals surface area contributed by atoms with Crippen LogP contribution in [0.5, 0.6) is 0 Å². The van der Waals surface area contributed by atoms with Crippen LogP contribution in [0.3, 0.4) is 0 Å². The lowest BCUT2D eigenvalue weighted by atomic mass is 10.3. The Morgan fingerprint density at radius 2 is 1.86 bits per heavy atom. The number of hydrogen-bond acceptors (Lipinski definition) is 2. The lowest BCUT2D eigenvalue weighted by Crippen LogP contribution is -2.34. The molecule has 1 heterocycles. The first-order chi connectivity index (χ1) is 6.75. The van der Waals surface area contributed by atoms with Crippen LogP contribution in [0.1, 0.15) is 0 Å². The maximum atomic E-state index is 5.77. The van der Waals surface area contributed by atoms with E-state index >= 15 is 0 Å². The lowest BCUT2D eigenvalue weighted by molar-refractivity contribution is -0.659. The molecule has 0 aliphatic heterocycles. The molecule has 2 N–H and O–H groups in total. The molecular formula is C10H9ClN3+. The summed E-state index contributed by atoms with van der Waals surface area (Å²) in [6.07, 6.45) is 3.41. The Bertz CT molecular complexity index is 379. The summed E-state index contributed by atoms with van der Waals surface area (Å²) < 4.78 is 1.73. The van der Waals surface area contributed by atoms with Gasteiger partial charge in [-0.15, -0.1) is 0 Å². The number of nitrogens with zero attached hydrogens (tertiary/aromatic N) is 2. The number of nitrogen functional groups attached to an aromatic ring is 1. The van der Waals surface area contributed by atoms with Gasteiger partial charge >= 0.3 is 0 Å². The molecule has 0 unspecified atom stereocenters. The van der Waals surface area contributed by atoms with Gasteiger partial charge in [-0.3, -0.25) is 0 Å². The summed E-state index contributed by atoms with van der Waals surface area (Å²) in [5.41, 5.74) is 7.13. The fourth-order valence-electron chi connectivity index (χ4n) is 1.11. The van der Waals surface area contributed by atoms with Gasteiger partial charge in [-0.05, 0) is 17.2 Å². The number of rotatable bonds is 1. The lowest BCUT2D eigenvalue weighted by Gasteiger charge is -1.93. The molecule has 0 saturated carbocycles. The van der Waals surface area contributed by atoms with Gasteiger partial charge in [0, 0.05) is 23.2 Å². The van der Waals surface area contributed by atoms with E-state index in [2.05, 4.69) is 5.10 Å². The van der Waals surface area contributed by atoms with Gasteiger partial charge in [0.15, 0.2) is 0 Å². The highest BCUT2D eigenvalue weighted by atomic mass is 35.5. The monoisotopic (exact) mass is 206 g/mol. The molecule has 70 valence electrons. The molecule has 0 fully saturated rings. The molecule has 2 rings (SSSR count). The van der Waals surface area contributed by atoms with Crippen LogP contribution >= 0.6 is 11.6 Å². The van der Waals surface area contributed by atoms with Crippen molar-refractivity contribution in [3.05, 3.63) is 47.7 Å². The van der Waals surface area contributed by atoms with Crippen molar-refractivity contribution in [2.45, 2.75) is 0 Å². The molecule has 0 bridgehead atoms. The first kappa shape index (κ1) is 8.97. The smallest absolute Gasteiger partial charge is 0.238 e. The Morgan fingerprint density at radius 3 is 2.43 bits per heavy atom. The van der Waals surface area contributed by atoms with Crippen LogP contribution in [0.4, 0.5) is 5.69 Å². The predicted octanol–water partition coefficient (Wildman–Crippen LogP) is 1.59. The topological polar surface area (TPSA) is 42.8 Å². The highest BCUT2D eigenvalue weighted by molar-refractivity contribution is 6.30. The van der Waals surface area contributed by atoms with Crippen molar-refractivity contribution in [3.8, 4) is 5.69 Å². The van der Waals surface area contributed by atoms with E-state index in [0.29, 0.717) is 10.7 Å². The van der Waals surface area contributed by atoms with Crippen LogP contribution in [0.25, 0.3) is 5.69 Å². The SMILES string of the molecule is Nc1cc[n+](-c2ccc(Cl)cc2)nc1. The van der Waals surface area contributed by atoms with Crippen molar-refractivity contribution in [1.29, 1.82) is 0 Å². The van der Waals surface area contributed by atoms with Gasteiger partial charge in [0.2, 0.25) is 11.9 Å². The number of halogens is 1. The zero-order valence-electron chi connectivity index (χ0n) is 7.39. The highest BCUT2D eigenvalue weighted by Crippen LogP contribution is 2.08. The molecule has 0 atom stereocenters. The maximum absolute atomic E-state index is 5.77. The number of nitrogens with two attached hydrogens (primary N) is 1. The fourth-order valence-corrected chi connectivity index (χ4v) is 1.24. The minimum absolute atomic E-state index is 0.648. The van der Waals surface area contributed by atoms with Crippen LogP contribution in [0.2, 0.25) is 5.02 Å². The zero-order chi connectivity index (χ0) is 9.97. The van der Waals surface area contributed by atoms with Gasteiger partial charge in [0.05, 0.1) is 5.69 Å². The molecule has 0 aliphatic carbocycles. The third-order valence-corrected chi connectivity index (χ3v) is 2.08. The average molecular weight is 207 g/mol. The second kappa shape index (κ2) is 3.64. The van der Waals surface area contributed by atoms with Crippen LogP contribution in [0.15, 0.2) is 42.7 Å². The van der Waals surface area contributed by atoms with Crippen LogP contribution in [0, 0.1) is 0 Å². The Hall–Kier alpha value is -1.61. The molecule has 0 amide bonds. The summed E-state index contributed by atoms with van der Waals surface area (Å²) in [4.78, 5) is 0. The summed E-state index contributed by atoms with van der Waals surface area (Å²) in [7, 11) is 0. The Kier molecular flexibility index (Phi) is 2.33. The second-order valence-corrected chi connectivity index (χ2v) is 3.32. The normalized spacial score (nSPS) is 10.1. The summed E-state index contributed by atoms with van der Waals surface area (Å²) in [6, 6.07) is 9.22. The minimum atomic E-state index is 0.648. The molecule has 4 heteroatoms. The van der Waals surface area contributed by atoms with Crippen molar-refractivity contribution in [3.63, 3.8) is 0 Å². The van der Waals surface area contributed by atoms with Crippen molar-refractivity contribution in [1.82, 2.24) is 5.10 Å². The minimum Gasteiger partial charge on any atom is -0.397 e. The fraction of sp³-hybridized carbons (Fsp3) is 0. The number of aromatic nitrogens is 2. The van der Waals surface area contributed by atoms with E-state index in [0.717, 1.165) is 5.69 Å². The van der Waals surface area contributed by atoms with Crippen molar-refractivity contribution in [2.75, 3.05) is 5.73 Å². The molecule has 0 aliphatic rings.